The van der Waals surface area contributed by atoms with Crippen LogP contribution in [0.25, 0.3) is 0 Å². The summed E-state index contributed by atoms with van der Waals surface area (Å²) in [6, 6.07) is 0. The number of allylic oxidation sites excluding steroid dienone is 2. The Kier molecular flexibility index (Phi) is 25.6. The molecule has 0 atom stereocenters. The average molecular weight is 302 g/mol. The van der Waals surface area contributed by atoms with Gasteiger partial charge in [-0.2, -0.15) is 6.42 Å². The average Bonchev–Trinajstić information content (AvgIpc) is 2.47. The van der Waals surface area contributed by atoms with E-state index in [4.69, 9.17) is 0 Å². The van der Waals surface area contributed by atoms with E-state index in [1.54, 1.807) is 0 Å². The largest absolute Gasteiger partial charge is 1.00 e. The predicted octanol–water partition coefficient (Wildman–Crippen LogP) is 3.53. The SMILES string of the molecule is CCCCCCCCC/C=C\CCCCCCC[C-]=O.[Na+]. The molecule has 0 aliphatic carbocycles. The van der Waals surface area contributed by atoms with E-state index in [1.165, 1.54) is 83.5 Å². The van der Waals surface area contributed by atoms with Crippen LogP contribution in [0.4, 0.5) is 0 Å². The third kappa shape index (κ3) is 22.8. The summed E-state index contributed by atoms with van der Waals surface area (Å²) in [6.07, 6.45) is 25.7. The van der Waals surface area contributed by atoms with Gasteiger partial charge >= 0.3 is 29.6 Å². The molecule has 0 aromatic heterocycles. The standard InChI is InChI=1S/C19H35O.Na/c1-2-3-4-5-6-7-8-9-10-11-12-13-14-15-16-17-18-19-20;/h10-11H,2-9,12-18H2,1H3;/q-1;+1/b11-10-;. The van der Waals surface area contributed by atoms with Gasteiger partial charge in [0.25, 0.3) is 0 Å². The fourth-order valence-electron chi connectivity index (χ4n) is 2.44. The van der Waals surface area contributed by atoms with Crippen LogP contribution < -0.4 is 29.6 Å². The first-order valence-electron chi connectivity index (χ1n) is 8.91. The zero-order valence-electron chi connectivity index (χ0n) is 14.7. The van der Waals surface area contributed by atoms with Crippen LogP contribution in [0.3, 0.4) is 0 Å². The maximum absolute atomic E-state index is 10.0. The second-order valence-electron chi connectivity index (χ2n) is 5.83. The van der Waals surface area contributed by atoms with Gasteiger partial charge < -0.3 is 4.79 Å². The summed E-state index contributed by atoms with van der Waals surface area (Å²) in [5.74, 6) is 0. The molecule has 0 saturated carbocycles. The van der Waals surface area contributed by atoms with Crippen molar-refractivity contribution in [2.75, 3.05) is 0 Å². The molecule has 118 valence electrons. The predicted molar refractivity (Wildman–Crippen MR) is 89.8 cm³/mol. The Morgan fingerprint density at radius 3 is 1.57 bits per heavy atom. The van der Waals surface area contributed by atoms with Crippen LogP contribution in [0.2, 0.25) is 0 Å². The van der Waals surface area contributed by atoms with Crippen molar-refractivity contribution in [2.45, 2.75) is 103 Å². The molecule has 0 fully saturated rings. The van der Waals surface area contributed by atoms with E-state index in [0.29, 0.717) is 6.42 Å². The second kappa shape index (κ2) is 22.7. The summed E-state index contributed by atoms with van der Waals surface area (Å²) >= 11 is 0. The second-order valence-corrected chi connectivity index (χ2v) is 5.83. The quantitative estimate of drug-likeness (QED) is 0.184. The number of carbonyl (C=O) groups excluding carboxylic acids is 1. The van der Waals surface area contributed by atoms with Gasteiger partial charge in [-0.15, -0.1) is 0 Å². The summed E-state index contributed by atoms with van der Waals surface area (Å²) in [5.41, 5.74) is 0. The molecule has 0 aliphatic rings. The Balaban J connectivity index is 0. The first-order valence-corrected chi connectivity index (χ1v) is 8.91. The van der Waals surface area contributed by atoms with Gasteiger partial charge in [-0.25, -0.2) is 0 Å². The van der Waals surface area contributed by atoms with Crippen LogP contribution in [0, 0.1) is 0 Å². The molecule has 0 aromatic carbocycles. The molecule has 21 heavy (non-hydrogen) atoms. The van der Waals surface area contributed by atoms with Crippen molar-refractivity contribution in [3.63, 3.8) is 0 Å². The number of hydrogen-bond acceptors (Lipinski definition) is 1. The van der Waals surface area contributed by atoms with Crippen molar-refractivity contribution < 1.29 is 34.4 Å². The van der Waals surface area contributed by atoms with E-state index in [1.807, 2.05) is 6.29 Å². The number of unbranched alkanes of at least 4 members (excludes halogenated alkanes) is 13. The van der Waals surface area contributed by atoms with Crippen molar-refractivity contribution >= 4 is 6.29 Å². The fourth-order valence-corrected chi connectivity index (χ4v) is 2.44. The molecule has 1 nitrogen and oxygen atoms in total. The Morgan fingerprint density at radius 1 is 0.667 bits per heavy atom. The Morgan fingerprint density at radius 2 is 1.10 bits per heavy atom. The zero-order valence-corrected chi connectivity index (χ0v) is 16.7. The van der Waals surface area contributed by atoms with Gasteiger partial charge in [0, 0.05) is 0 Å². The summed E-state index contributed by atoms with van der Waals surface area (Å²) in [7, 11) is 0. The van der Waals surface area contributed by atoms with E-state index in [2.05, 4.69) is 19.1 Å². The van der Waals surface area contributed by atoms with Crippen LogP contribution in [-0.4, -0.2) is 6.29 Å². The summed E-state index contributed by atoms with van der Waals surface area (Å²) in [5, 5.41) is 0. The molecule has 0 spiro atoms. The zero-order chi connectivity index (χ0) is 14.7. The Hall–Kier alpha value is 0.410. The van der Waals surface area contributed by atoms with Crippen molar-refractivity contribution in [3.8, 4) is 0 Å². The Labute approximate surface area is 155 Å². The van der Waals surface area contributed by atoms with Gasteiger partial charge in [-0.3, -0.25) is 6.29 Å². The van der Waals surface area contributed by atoms with Gasteiger partial charge in [0.1, 0.15) is 0 Å². The van der Waals surface area contributed by atoms with E-state index >= 15 is 0 Å². The van der Waals surface area contributed by atoms with Crippen molar-refractivity contribution in [1.29, 1.82) is 0 Å². The van der Waals surface area contributed by atoms with E-state index in [9.17, 15) is 4.79 Å². The molecular weight excluding hydrogens is 267 g/mol. The van der Waals surface area contributed by atoms with E-state index in [0.717, 1.165) is 6.42 Å². The van der Waals surface area contributed by atoms with Crippen LogP contribution >= 0.6 is 0 Å². The maximum atomic E-state index is 10.0. The molecule has 2 heteroatoms. The van der Waals surface area contributed by atoms with Crippen molar-refractivity contribution in [1.82, 2.24) is 0 Å². The van der Waals surface area contributed by atoms with Crippen LogP contribution in [0.1, 0.15) is 103 Å². The molecule has 0 bridgehead atoms. The third-order valence-corrected chi connectivity index (χ3v) is 3.79. The molecule has 0 N–H and O–H groups in total. The summed E-state index contributed by atoms with van der Waals surface area (Å²) in [6.45, 7) is 2.27. The minimum atomic E-state index is 0. The summed E-state index contributed by atoms with van der Waals surface area (Å²) in [4.78, 5) is 10.0. The third-order valence-electron chi connectivity index (χ3n) is 3.79. The molecule has 0 rings (SSSR count). The van der Waals surface area contributed by atoms with E-state index < -0.39 is 0 Å². The molecule has 0 heterocycles. The van der Waals surface area contributed by atoms with Crippen LogP contribution in [-0.2, 0) is 4.79 Å². The summed E-state index contributed by atoms with van der Waals surface area (Å²) < 4.78 is 0. The number of rotatable bonds is 16. The van der Waals surface area contributed by atoms with Crippen molar-refractivity contribution in [3.05, 3.63) is 12.2 Å². The minimum absolute atomic E-state index is 0. The molecule has 0 unspecified atom stereocenters. The molecule has 0 amide bonds. The van der Waals surface area contributed by atoms with Crippen LogP contribution in [0.15, 0.2) is 12.2 Å². The number of hydrogen-bond donors (Lipinski definition) is 0. The molecule has 0 aliphatic heterocycles. The topological polar surface area (TPSA) is 17.1 Å². The van der Waals surface area contributed by atoms with Gasteiger partial charge in [0.2, 0.25) is 0 Å². The molecule has 0 aromatic rings. The first-order chi connectivity index (χ1) is 9.91. The van der Waals surface area contributed by atoms with Gasteiger partial charge in [-0.1, -0.05) is 83.3 Å². The monoisotopic (exact) mass is 302 g/mol. The maximum Gasteiger partial charge on any atom is 1.00 e. The first kappa shape index (κ1) is 23.7. The molecular formula is C19H35NaO. The van der Waals surface area contributed by atoms with E-state index in [-0.39, 0.29) is 29.6 Å². The van der Waals surface area contributed by atoms with Gasteiger partial charge in [0.05, 0.1) is 0 Å². The molecule has 0 saturated heterocycles. The normalized spacial score (nSPS) is 10.7. The van der Waals surface area contributed by atoms with Gasteiger partial charge in [0.15, 0.2) is 0 Å². The smallest absolute Gasteiger partial charge is 0.542 e. The fraction of sp³-hybridized carbons (Fsp3) is 0.842. The van der Waals surface area contributed by atoms with Crippen molar-refractivity contribution in [2.24, 2.45) is 0 Å². The van der Waals surface area contributed by atoms with Gasteiger partial charge in [-0.05, 0) is 25.7 Å². The molecule has 0 radical (unpaired) electrons. The van der Waals surface area contributed by atoms with Crippen LogP contribution in [0.5, 0.6) is 0 Å². The minimum Gasteiger partial charge on any atom is -0.542 e. The Bertz CT molecular complexity index is 214.